The number of fused-ring (bicyclic) bond motifs is 1. The molecule has 11 heteroatoms. The van der Waals surface area contributed by atoms with Gasteiger partial charge >= 0.3 is 0 Å². The van der Waals surface area contributed by atoms with Gasteiger partial charge in [0, 0.05) is 62.8 Å². The molecule has 0 radical (unpaired) electrons. The fourth-order valence-electron chi connectivity index (χ4n) is 6.48. The molecule has 5 aromatic rings. The summed E-state index contributed by atoms with van der Waals surface area (Å²) in [5.74, 6) is 1.03. The molecule has 222 valence electrons. The predicted molar refractivity (Wildman–Crippen MR) is 167 cm³/mol. The third kappa shape index (κ3) is 5.07. The maximum absolute atomic E-state index is 14.0. The number of aryl methyl sites for hydroxylation is 1. The zero-order chi connectivity index (χ0) is 30.2. The van der Waals surface area contributed by atoms with Gasteiger partial charge in [0.2, 0.25) is 5.91 Å². The Kier molecular flexibility index (Phi) is 7.28. The number of likely N-dealkylation sites (tertiary alicyclic amines) is 1. The molecule has 2 saturated heterocycles. The van der Waals surface area contributed by atoms with Crippen molar-refractivity contribution in [1.29, 1.82) is 5.26 Å². The minimum absolute atomic E-state index is 0.186. The molecule has 0 spiro atoms. The van der Waals surface area contributed by atoms with Crippen LogP contribution in [-0.2, 0) is 11.8 Å². The van der Waals surface area contributed by atoms with Crippen LogP contribution in [0, 0.1) is 11.3 Å². The number of hydrogen-bond acceptors (Lipinski definition) is 8. The minimum atomic E-state index is -0.244. The van der Waals surface area contributed by atoms with Crippen LogP contribution in [0.5, 0.6) is 0 Å². The number of nitrogens with zero attached hydrogens (tertiary/aromatic N) is 10. The van der Waals surface area contributed by atoms with E-state index in [1.165, 1.54) is 0 Å². The summed E-state index contributed by atoms with van der Waals surface area (Å²) < 4.78 is 3.42. The highest BCUT2D eigenvalue weighted by atomic mass is 16.2. The zero-order valence-electron chi connectivity index (χ0n) is 24.9. The molecule has 1 amide bonds. The van der Waals surface area contributed by atoms with Gasteiger partial charge in [-0.15, -0.1) is 0 Å². The molecule has 2 aliphatic heterocycles. The zero-order valence-corrected chi connectivity index (χ0v) is 24.9. The van der Waals surface area contributed by atoms with E-state index in [9.17, 15) is 10.1 Å². The molecule has 6 heterocycles. The molecule has 2 atom stereocenters. The first-order chi connectivity index (χ1) is 21.5. The normalized spacial score (nSPS) is 18.1. The lowest BCUT2D eigenvalue weighted by molar-refractivity contribution is -0.138. The van der Waals surface area contributed by atoms with Crippen LogP contribution >= 0.6 is 0 Å². The summed E-state index contributed by atoms with van der Waals surface area (Å²) in [7, 11) is 1.86. The number of carbonyl (C=O) groups excluding carboxylic acids is 1. The highest BCUT2D eigenvalue weighted by Gasteiger charge is 2.37. The molecule has 11 nitrogen and oxygen atoms in total. The number of hydrogen-bond donors (Lipinski definition) is 0. The van der Waals surface area contributed by atoms with Gasteiger partial charge < -0.3 is 9.80 Å². The van der Waals surface area contributed by atoms with E-state index in [1.54, 1.807) is 27.8 Å². The van der Waals surface area contributed by atoms with Gasteiger partial charge in [-0.1, -0.05) is 30.3 Å². The van der Waals surface area contributed by atoms with Crippen molar-refractivity contribution < 1.29 is 4.79 Å². The number of pyridine rings is 1. The van der Waals surface area contributed by atoms with E-state index in [0.29, 0.717) is 54.7 Å². The Hall–Kier alpha value is -5.08. The Bertz CT molecular complexity index is 1830. The second-order valence-electron chi connectivity index (χ2n) is 11.6. The van der Waals surface area contributed by atoms with Gasteiger partial charge in [0.25, 0.3) is 0 Å². The quantitative estimate of drug-likeness (QED) is 0.294. The molecular formula is C33H34N10O. The lowest BCUT2D eigenvalue weighted by Gasteiger charge is -2.39. The second kappa shape index (κ2) is 11.5. The predicted octanol–water partition coefficient (Wildman–Crippen LogP) is 3.94. The summed E-state index contributed by atoms with van der Waals surface area (Å²) in [6.45, 7) is 5.87. The standard InChI is InChI=1S/C33H34N10O/c1-23-7-6-12-42(23)32(24-8-4-3-5-9-24)33(44)41-15-13-40(14-16-41)29-11-10-25(18-35-29)30-31-26(17-34)19-37-43(31)22-28(38-30)27-20-36-39(2)21-27/h3-5,8-11,18-23,32H,6-7,12-16H2,1-2H3. The van der Waals surface area contributed by atoms with Gasteiger partial charge in [-0.05, 0) is 44.0 Å². The van der Waals surface area contributed by atoms with E-state index in [4.69, 9.17) is 9.97 Å². The lowest BCUT2D eigenvalue weighted by Crippen LogP contribution is -2.52. The molecule has 2 fully saturated rings. The van der Waals surface area contributed by atoms with E-state index in [2.05, 4.69) is 45.1 Å². The molecule has 4 aromatic heterocycles. The third-order valence-corrected chi connectivity index (χ3v) is 8.84. The molecule has 0 N–H and O–H groups in total. The molecule has 0 aliphatic carbocycles. The van der Waals surface area contributed by atoms with Gasteiger partial charge in [0.15, 0.2) is 0 Å². The molecule has 0 bridgehead atoms. The van der Waals surface area contributed by atoms with Crippen molar-refractivity contribution in [2.24, 2.45) is 7.05 Å². The summed E-state index contributed by atoms with van der Waals surface area (Å²) in [5.41, 5.74) is 5.15. The average molecular weight is 587 g/mol. The Labute approximate surface area is 256 Å². The summed E-state index contributed by atoms with van der Waals surface area (Å²) >= 11 is 0. The Morgan fingerprint density at radius 2 is 1.77 bits per heavy atom. The van der Waals surface area contributed by atoms with E-state index in [0.717, 1.165) is 41.9 Å². The number of piperazine rings is 1. The number of anilines is 1. The van der Waals surface area contributed by atoms with E-state index >= 15 is 0 Å². The summed E-state index contributed by atoms with van der Waals surface area (Å²) in [5, 5.41) is 18.4. The fraction of sp³-hybridized carbons (Fsp3) is 0.333. The molecule has 2 unspecified atom stereocenters. The van der Waals surface area contributed by atoms with Crippen molar-refractivity contribution in [3.8, 4) is 28.6 Å². The van der Waals surface area contributed by atoms with Crippen molar-refractivity contribution in [2.45, 2.75) is 31.8 Å². The number of aromatic nitrogens is 6. The van der Waals surface area contributed by atoms with Crippen molar-refractivity contribution in [3.63, 3.8) is 0 Å². The van der Waals surface area contributed by atoms with Crippen LogP contribution in [0.3, 0.4) is 0 Å². The smallest absolute Gasteiger partial charge is 0.244 e. The van der Waals surface area contributed by atoms with Gasteiger partial charge in [-0.25, -0.2) is 14.5 Å². The minimum Gasteiger partial charge on any atom is -0.353 e. The Morgan fingerprint density at radius 1 is 0.955 bits per heavy atom. The SMILES string of the molecule is CC1CCCN1C(C(=O)N1CCN(c2ccc(-c3nc(-c4cnn(C)c4)cn4ncc(C#N)c34)cn2)CC1)c1ccccc1. The van der Waals surface area contributed by atoms with Gasteiger partial charge in [-0.3, -0.25) is 14.4 Å². The molecule has 2 aliphatic rings. The highest BCUT2D eigenvalue weighted by molar-refractivity contribution is 5.84. The third-order valence-electron chi connectivity index (χ3n) is 8.84. The van der Waals surface area contributed by atoms with Crippen LogP contribution in [0.25, 0.3) is 28.0 Å². The molecular weight excluding hydrogens is 552 g/mol. The molecule has 44 heavy (non-hydrogen) atoms. The van der Waals surface area contributed by atoms with Crippen LogP contribution in [-0.4, -0.2) is 83.8 Å². The first-order valence-electron chi connectivity index (χ1n) is 15.1. The molecule has 0 saturated carbocycles. The van der Waals surface area contributed by atoms with Gasteiger partial charge in [0.05, 0.1) is 30.0 Å². The van der Waals surface area contributed by atoms with Crippen LogP contribution < -0.4 is 4.90 Å². The highest BCUT2D eigenvalue weighted by Crippen LogP contribution is 2.32. The fourth-order valence-corrected chi connectivity index (χ4v) is 6.48. The number of carbonyl (C=O) groups is 1. The van der Waals surface area contributed by atoms with Crippen molar-refractivity contribution in [3.05, 3.63) is 84.6 Å². The molecule has 7 rings (SSSR count). The van der Waals surface area contributed by atoms with Crippen LogP contribution in [0.1, 0.15) is 36.9 Å². The van der Waals surface area contributed by atoms with Crippen molar-refractivity contribution >= 4 is 17.2 Å². The van der Waals surface area contributed by atoms with E-state index in [-0.39, 0.29) is 11.9 Å². The maximum atomic E-state index is 14.0. The topological polar surface area (TPSA) is 111 Å². The molecule has 1 aromatic carbocycles. The van der Waals surface area contributed by atoms with Crippen molar-refractivity contribution in [1.82, 2.24) is 39.2 Å². The summed E-state index contributed by atoms with van der Waals surface area (Å²) in [6.07, 6.45) is 11.1. The Morgan fingerprint density at radius 3 is 2.43 bits per heavy atom. The monoisotopic (exact) mass is 586 g/mol. The van der Waals surface area contributed by atoms with Crippen LogP contribution in [0.15, 0.2) is 73.4 Å². The van der Waals surface area contributed by atoms with Crippen molar-refractivity contribution in [2.75, 3.05) is 37.6 Å². The second-order valence-corrected chi connectivity index (χ2v) is 11.6. The number of rotatable bonds is 6. The number of nitriles is 1. The average Bonchev–Trinajstić information content (AvgIpc) is 3.81. The van der Waals surface area contributed by atoms with Gasteiger partial charge in [0.1, 0.15) is 29.0 Å². The van der Waals surface area contributed by atoms with Crippen LogP contribution in [0.4, 0.5) is 5.82 Å². The lowest BCUT2D eigenvalue weighted by atomic mass is 10.0. The summed E-state index contributed by atoms with van der Waals surface area (Å²) in [4.78, 5) is 30.3. The van der Waals surface area contributed by atoms with E-state index < -0.39 is 0 Å². The van der Waals surface area contributed by atoms with Gasteiger partial charge in [-0.2, -0.15) is 15.5 Å². The van der Waals surface area contributed by atoms with E-state index in [1.807, 2.05) is 54.7 Å². The Balaban J connectivity index is 1.10. The first-order valence-corrected chi connectivity index (χ1v) is 15.1. The number of amides is 1. The number of benzene rings is 1. The maximum Gasteiger partial charge on any atom is 0.244 e. The first kappa shape index (κ1) is 27.7. The summed E-state index contributed by atoms with van der Waals surface area (Å²) in [6, 6.07) is 16.6. The largest absolute Gasteiger partial charge is 0.353 e. The van der Waals surface area contributed by atoms with Crippen LogP contribution in [0.2, 0.25) is 0 Å².